The Bertz CT molecular complexity index is 727. The Morgan fingerprint density at radius 3 is 2.56 bits per heavy atom. The van der Waals surface area contributed by atoms with E-state index >= 15 is 0 Å². The second kappa shape index (κ2) is 10.1. The Morgan fingerprint density at radius 1 is 1.11 bits per heavy atom. The highest BCUT2D eigenvalue weighted by molar-refractivity contribution is 6.04. The maximum absolute atomic E-state index is 13.2. The number of carboxylic acids is 1. The minimum atomic E-state index is -1.06. The third-order valence-electron chi connectivity index (χ3n) is 5.01. The summed E-state index contributed by atoms with van der Waals surface area (Å²) in [5.41, 5.74) is 0.0736. The molecule has 0 radical (unpaired) electrons. The first kappa shape index (κ1) is 20.9. The number of carbonyl (C=O) groups excluding carboxylic acids is 2. The van der Waals surface area contributed by atoms with Gasteiger partial charge in [-0.2, -0.15) is 0 Å². The second-order valence-corrected chi connectivity index (χ2v) is 6.97. The van der Waals surface area contributed by atoms with E-state index in [1.807, 2.05) is 0 Å². The first-order valence-electron chi connectivity index (χ1n) is 9.30. The number of aliphatic carboxylic acids is 1. The molecular formula is C21H24F2O4. The molecule has 27 heavy (non-hydrogen) atoms. The SMILES string of the molecule is O=C(O)CCCCCC[C@@H]1C(=O)CC[C@H]1C=CC(=O)c1ccc(F)c(F)c1. The van der Waals surface area contributed by atoms with Gasteiger partial charge in [-0.25, -0.2) is 8.78 Å². The van der Waals surface area contributed by atoms with Gasteiger partial charge in [0.2, 0.25) is 0 Å². The summed E-state index contributed by atoms with van der Waals surface area (Å²) in [7, 11) is 0. The normalized spacial score (nSPS) is 19.7. The van der Waals surface area contributed by atoms with Crippen LogP contribution in [0.3, 0.4) is 0 Å². The number of ketones is 2. The van der Waals surface area contributed by atoms with E-state index in [0.29, 0.717) is 19.3 Å². The van der Waals surface area contributed by atoms with E-state index in [1.54, 1.807) is 6.08 Å². The zero-order valence-corrected chi connectivity index (χ0v) is 15.1. The topological polar surface area (TPSA) is 71.4 Å². The van der Waals surface area contributed by atoms with E-state index in [4.69, 9.17) is 5.11 Å². The van der Waals surface area contributed by atoms with Crippen LogP contribution in [0.2, 0.25) is 0 Å². The lowest BCUT2D eigenvalue weighted by Crippen LogP contribution is -2.13. The van der Waals surface area contributed by atoms with Crippen molar-refractivity contribution in [1.82, 2.24) is 0 Å². The van der Waals surface area contributed by atoms with Crippen LogP contribution in [0.15, 0.2) is 30.4 Å². The smallest absolute Gasteiger partial charge is 0.303 e. The molecule has 1 N–H and O–H groups in total. The molecule has 2 rings (SSSR count). The van der Waals surface area contributed by atoms with Crippen molar-refractivity contribution in [2.45, 2.75) is 51.4 Å². The van der Waals surface area contributed by atoms with Crippen molar-refractivity contribution in [2.75, 3.05) is 0 Å². The van der Waals surface area contributed by atoms with E-state index in [0.717, 1.165) is 37.8 Å². The lowest BCUT2D eigenvalue weighted by molar-refractivity contribution is -0.137. The summed E-state index contributed by atoms with van der Waals surface area (Å²) in [6.45, 7) is 0. The van der Waals surface area contributed by atoms with Gasteiger partial charge < -0.3 is 5.11 Å². The molecule has 0 aromatic heterocycles. The van der Waals surface area contributed by atoms with Crippen molar-refractivity contribution in [3.63, 3.8) is 0 Å². The maximum atomic E-state index is 13.2. The number of allylic oxidation sites excluding steroid dienone is 2. The van der Waals surface area contributed by atoms with Crippen molar-refractivity contribution in [3.8, 4) is 0 Å². The number of unbranched alkanes of at least 4 members (excludes halogenated alkanes) is 3. The molecule has 0 spiro atoms. The fourth-order valence-electron chi connectivity index (χ4n) is 3.49. The molecule has 0 heterocycles. The van der Waals surface area contributed by atoms with Gasteiger partial charge in [0, 0.05) is 24.3 Å². The van der Waals surface area contributed by atoms with Gasteiger partial charge in [-0.05, 0) is 49.5 Å². The fourth-order valence-corrected chi connectivity index (χ4v) is 3.49. The van der Waals surface area contributed by atoms with Gasteiger partial charge in [0.15, 0.2) is 17.4 Å². The fraction of sp³-hybridized carbons (Fsp3) is 0.476. The Balaban J connectivity index is 1.85. The van der Waals surface area contributed by atoms with Crippen molar-refractivity contribution >= 4 is 17.5 Å². The molecule has 1 fully saturated rings. The van der Waals surface area contributed by atoms with E-state index < -0.39 is 23.4 Å². The largest absolute Gasteiger partial charge is 0.481 e. The Hall–Kier alpha value is -2.37. The maximum Gasteiger partial charge on any atom is 0.303 e. The lowest BCUT2D eigenvalue weighted by atomic mass is 9.89. The number of rotatable bonds is 10. The number of Topliss-reactive ketones (excluding diaryl/α,β-unsaturated/α-hetero) is 1. The third-order valence-corrected chi connectivity index (χ3v) is 5.01. The molecule has 1 aromatic carbocycles. The van der Waals surface area contributed by atoms with E-state index in [9.17, 15) is 23.2 Å². The second-order valence-electron chi connectivity index (χ2n) is 6.97. The van der Waals surface area contributed by atoms with Crippen LogP contribution in [0.1, 0.15) is 61.7 Å². The molecular weight excluding hydrogens is 354 g/mol. The Morgan fingerprint density at radius 2 is 1.85 bits per heavy atom. The molecule has 4 nitrogen and oxygen atoms in total. The van der Waals surface area contributed by atoms with Gasteiger partial charge in [0.05, 0.1) is 0 Å². The van der Waals surface area contributed by atoms with Gasteiger partial charge in [0.1, 0.15) is 5.78 Å². The van der Waals surface area contributed by atoms with Crippen LogP contribution in [0.5, 0.6) is 0 Å². The lowest BCUT2D eigenvalue weighted by Gasteiger charge is -2.14. The molecule has 1 aliphatic carbocycles. The minimum absolute atomic E-state index is 0.0224. The van der Waals surface area contributed by atoms with Crippen molar-refractivity contribution in [2.24, 2.45) is 11.8 Å². The number of hydrogen-bond acceptors (Lipinski definition) is 3. The number of carbonyl (C=O) groups is 3. The van der Waals surface area contributed by atoms with Crippen LogP contribution in [-0.2, 0) is 9.59 Å². The summed E-state index contributed by atoms with van der Waals surface area (Å²) in [5, 5.41) is 8.61. The molecule has 0 saturated heterocycles. The molecule has 0 bridgehead atoms. The molecule has 2 atom stereocenters. The first-order chi connectivity index (χ1) is 12.9. The highest BCUT2D eigenvalue weighted by Crippen LogP contribution is 2.34. The highest BCUT2D eigenvalue weighted by Gasteiger charge is 2.32. The molecule has 1 saturated carbocycles. The summed E-state index contributed by atoms with van der Waals surface area (Å²) in [5.74, 6) is -3.23. The Kier molecular flexibility index (Phi) is 7.82. The number of benzene rings is 1. The van der Waals surface area contributed by atoms with Gasteiger partial charge in [-0.15, -0.1) is 0 Å². The average molecular weight is 378 g/mol. The third kappa shape index (κ3) is 6.38. The molecule has 1 aliphatic rings. The van der Waals surface area contributed by atoms with Crippen LogP contribution >= 0.6 is 0 Å². The monoisotopic (exact) mass is 378 g/mol. The summed E-state index contributed by atoms with van der Waals surface area (Å²) >= 11 is 0. The van der Waals surface area contributed by atoms with E-state index in [-0.39, 0.29) is 29.6 Å². The van der Waals surface area contributed by atoms with Gasteiger partial charge >= 0.3 is 5.97 Å². The van der Waals surface area contributed by atoms with Gasteiger partial charge in [-0.3, -0.25) is 14.4 Å². The molecule has 0 amide bonds. The Labute approximate surface area is 157 Å². The van der Waals surface area contributed by atoms with Gasteiger partial charge in [0.25, 0.3) is 0 Å². The molecule has 1 aromatic rings. The van der Waals surface area contributed by atoms with Crippen LogP contribution in [-0.4, -0.2) is 22.6 Å². The van der Waals surface area contributed by atoms with Crippen LogP contribution in [0.25, 0.3) is 0 Å². The zero-order chi connectivity index (χ0) is 19.8. The summed E-state index contributed by atoms with van der Waals surface area (Å²) < 4.78 is 26.2. The predicted molar refractivity (Wildman–Crippen MR) is 96.4 cm³/mol. The quantitative estimate of drug-likeness (QED) is 0.363. The minimum Gasteiger partial charge on any atom is -0.481 e. The molecule has 0 aliphatic heterocycles. The van der Waals surface area contributed by atoms with Crippen LogP contribution < -0.4 is 0 Å². The average Bonchev–Trinajstić information content (AvgIpc) is 2.98. The van der Waals surface area contributed by atoms with E-state index in [1.165, 1.54) is 12.1 Å². The number of halogens is 2. The van der Waals surface area contributed by atoms with Gasteiger partial charge in [-0.1, -0.05) is 25.3 Å². The highest BCUT2D eigenvalue weighted by atomic mass is 19.2. The van der Waals surface area contributed by atoms with Crippen molar-refractivity contribution in [3.05, 3.63) is 47.5 Å². The predicted octanol–water partition coefficient (Wildman–Crippen LogP) is 4.72. The summed E-state index contributed by atoms with van der Waals surface area (Å²) in [6, 6.07) is 3.03. The van der Waals surface area contributed by atoms with Crippen LogP contribution in [0, 0.1) is 23.5 Å². The van der Waals surface area contributed by atoms with Crippen molar-refractivity contribution < 1.29 is 28.3 Å². The number of carboxylic acid groups (broad SMARTS) is 1. The van der Waals surface area contributed by atoms with E-state index in [2.05, 4.69) is 0 Å². The van der Waals surface area contributed by atoms with Crippen molar-refractivity contribution in [1.29, 1.82) is 0 Å². The molecule has 6 heteroatoms. The first-order valence-corrected chi connectivity index (χ1v) is 9.30. The standard InChI is InChI=1S/C21H24F2O4/c22-17-10-7-15(13-18(17)23)19(24)11-8-14-9-12-20(25)16(14)5-3-1-2-4-6-21(26)27/h7-8,10-11,13-14,16H,1-6,9,12H2,(H,26,27)/t14-,16+/m1/s1. The number of hydrogen-bond donors (Lipinski definition) is 1. The summed E-state index contributed by atoms with van der Waals surface area (Å²) in [4.78, 5) is 34.7. The molecule has 146 valence electrons. The molecule has 0 unspecified atom stereocenters. The zero-order valence-electron chi connectivity index (χ0n) is 15.1. The van der Waals surface area contributed by atoms with Crippen LogP contribution in [0.4, 0.5) is 8.78 Å². The summed E-state index contributed by atoms with van der Waals surface area (Å²) in [6.07, 6.45) is 8.29.